The van der Waals surface area contributed by atoms with Gasteiger partial charge >= 0.3 is 0 Å². The lowest BCUT2D eigenvalue weighted by atomic mass is 9.99. The summed E-state index contributed by atoms with van der Waals surface area (Å²) in [6, 6.07) is 10.5. The molecule has 2 saturated heterocycles. The lowest BCUT2D eigenvalue weighted by Crippen LogP contribution is -2.48. The molecular formula is C26H31Cl2N3O4. The summed E-state index contributed by atoms with van der Waals surface area (Å²) in [5.41, 5.74) is 1.59. The van der Waals surface area contributed by atoms with Gasteiger partial charge in [-0.1, -0.05) is 29.3 Å². The first-order valence-corrected chi connectivity index (χ1v) is 13.0. The summed E-state index contributed by atoms with van der Waals surface area (Å²) in [5.74, 6) is 1.08. The Labute approximate surface area is 215 Å². The summed E-state index contributed by atoms with van der Waals surface area (Å²) in [6.45, 7) is 4.86. The zero-order chi connectivity index (χ0) is 24.4. The van der Waals surface area contributed by atoms with Gasteiger partial charge in [0.2, 0.25) is 5.91 Å². The van der Waals surface area contributed by atoms with Gasteiger partial charge in [-0.2, -0.15) is 0 Å². The van der Waals surface area contributed by atoms with E-state index in [0.717, 1.165) is 44.6 Å². The van der Waals surface area contributed by atoms with E-state index >= 15 is 0 Å². The van der Waals surface area contributed by atoms with Crippen molar-refractivity contribution >= 4 is 34.8 Å². The molecule has 0 spiro atoms. The van der Waals surface area contributed by atoms with Crippen molar-refractivity contribution < 1.29 is 19.4 Å². The number of nitrogens with one attached hydrogen (secondary N) is 1. The molecule has 0 aliphatic carbocycles. The Balaban J connectivity index is 1.29. The van der Waals surface area contributed by atoms with Crippen LogP contribution in [0.1, 0.15) is 30.9 Å². The molecule has 1 amide bonds. The highest BCUT2D eigenvalue weighted by atomic mass is 35.5. The lowest BCUT2D eigenvalue weighted by molar-refractivity contribution is -0.126. The molecule has 0 bridgehead atoms. The minimum Gasteiger partial charge on any atom is -0.486 e. The largest absolute Gasteiger partial charge is 0.486 e. The Morgan fingerprint density at radius 1 is 1.06 bits per heavy atom. The van der Waals surface area contributed by atoms with Crippen LogP contribution in [0.3, 0.4) is 0 Å². The maximum Gasteiger partial charge on any atom is 0.225 e. The minimum absolute atomic E-state index is 0.0432. The van der Waals surface area contributed by atoms with Gasteiger partial charge in [-0.15, -0.1) is 0 Å². The van der Waals surface area contributed by atoms with Crippen molar-refractivity contribution in [3.05, 3.63) is 52.0 Å². The summed E-state index contributed by atoms with van der Waals surface area (Å²) in [7, 11) is 0. The molecule has 3 aliphatic rings. The predicted molar refractivity (Wildman–Crippen MR) is 137 cm³/mol. The smallest absolute Gasteiger partial charge is 0.225 e. The normalized spacial score (nSPS) is 21.7. The van der Waals surface area contributed by atoms with Crippen LogP contribution in [0.2, 0.25) is 10.0 Å². The molecule has 3 aliphatic heterocycles. The molecular weight excluding hydrogens is 489 g/mol. The lowest BCUT2D eigenvalue weighted by Gasteiger charge is -2.30. The number of amides is 1. The second-order valence-electron chi connectivity index (χ2n) is 9.50. The number of fused-ring (bicyclic) bond motifs is 1. The summed E-state index contributed by atoms with van der Waals surface area (Å²) in [4.78, 5) is 17.8. The number of halogens is 2. The second-order valence-corrected chi connectivity index (χ2v) is 10.3. The molecule has 188 valence electrons. The third kappa shape index (κ3) is 5.64. The molecule has 0 unspecified atom stereocenters. The number of carbonyl (C=O) groups is 1. The van der Waals surface area contributed by atoms with Crippen molar-refractivity contribution in [3.8, 4) is 11.5 Å². The number of aliphatic hydroxyl groups is 1. The van der Waals surface area contributed by atoms with E-state index in [1.807, 2.05) is 30.3 Å². The molecule has 0 saturated carbocycles. The maximum absolute atomic E-state index is 13.3. The van der Waals surface area contributed by atoms with Crippen molar-refractivity contribution in [2.75, 3.05) is 50.8 Å². The topological polar surface area (TPSA) is 74.3 Å². The van der Waals surface area contributed by atoms with Crippen LogP contribution in [0.25, 0.3) is 0 Å². The molecule has 5 rings (SSSR count). The van der Waals surface area contributed by atoms with E-state index in [-0.39, 0.29) is 11.8 Å². The van der Waals surface area contributed by atoms with Gasteiger partial charge in [-0.3, -0.25) is 4.79 Å². The minimum atomic E-state index is -0.862. The van der Waals surface area contributed by atoms with E-state index in [2.05, 4.69) is 15.1 Å². The standard InChI is InChI=1S/C26H31Cl2N3O4/c27-19-4-5-22(20(28)14-19)31-10-7-18(15-31)26(33)29-21(16-30-8-1-2-9-30)25(32)17-3-6-23-24(13-17)35-12-11-34-23/h3-6,13-14,18,21,25,32H,1-2,7-12,15-16H2,(H,29,33)/t18-,21+,25+/m0/s1. The Hall–Kier alpha value is -2.19. The van der Waals surface area contributed by atoms with Gasteiger partial charge < -0.3 is 29.7 Å². The number of nitrogens with zero attached hydrogens (tertiary/aromatic N) is 2. The Bertz CT molecular complexity index is 1060. The van der Waals surface area contributed by atoms with Crippen LogP contribution in [0.5, 0.6) is 11.5 Å². The highest BCUT2D eigenvalue weighted by Gasteiger charge is 2.33. The van der Waals surface area contributed by atoms with Crippen LogP contribution < -0.4 is 19.7 Å². The van der Waals surface area contributed by atoms with Crippen LogP contribution in [-0.2, 0) is 4.79 Å². The molecule has 2 fully saturated rings. The highest BCUT2D eigenvalue weighted by Crippen LogP contribution is 2.35. The van der Waals surface area contributed by atoms with Crippen LogP contribution in [0.15, 0.2) is 36.4 Å². The summed E-state index contributed by atoms with van der Waals surface area (Å²) < 4.78 is 11.3. The third-order valence-electron chi connectivity index (χ3n) is 7.08. The number of hydrogen-bond acceptors (Lipinski definition) is 6. The Morgan fingerprint density at radius 3 is 2.60 bits per heavy atom. The quantitative estimate of drug-likeness (QED) is 0.577. The maximum atomic E-state index is 13.3. The zero-order valence-corrected chi connectivity index (χ0v) is 21.1. The van der Waals surface area contributed by atoms with E-state index in [1.54, 1.807) is 6.07 Å². The molecule has 3 atom stereocenters. The van der Waals surface area contributed by atoms with Gasteiger partial charge in [-0.05, 0) is 68.2 Å². The zero-order valence-electron chi connectivity index (χ0n) is 19.6. The molecule has 2 aromatic rings. The first-order valence-electron chi connectivity index (χ1n) is 12.3. The molecule has 0 aromatic heterocycles. The molecule has 0 radical (unpaired) electrons. The van der Waals surface area contributed by atoms with Crippen molar-refractivity contribution in [2.24, 2.45) is 5.92 Å². The van der Waals surface area contributed by atoms with Gasteiger partial charge in [0, 0.05) is 24.7 Å². The summed E-state index contributed by atoms with van der Waals surface area (Å²) in [5, 5.41) is 15.7. The first-order chi connectivity index (χ1) is 17.0. The van der Waals surface area contributed by atoms with Gasteiger partial charge in [0.25, 0.3) is 0 Å². The molecule has 35 heavy (non-hydrogen) atoms. The summed E-state index contributed by atoms with van der Waals surface area (Å²) in [6.07, 6.45) is 2.14. The first kappa shape index (κ1) is 24.5. The highest BCUT2D eigenvalue weighted by molar-refractivity contribution is 6.36. The third-order valence-corrected chi connectivity index (χ3v) is 7.62. The number of anilines is 1. The van der Waals surface area contributed by atoms with E-state index in [1.165, 1.54) is 0 Å². The van der Waals surface area contributed by atoms with Gasteiger partial charge in [-0.25, -0.2) is 0 Å². The SMILES string of the molecule is O=C(N[C@H](CN1CCCC1)[C@H](O)c1ccc2c(c1)OCCO2)[C@H]1CCN(c2ccc(Cl)cc2Cl)C1. The van der Waals surface area contributed by atoms with Crippen LogP contribution in [0, 0.1) is 5.92 Å². The van der Waals surface area contributed by atoms with Crippen LogP contribution in [0.4, 0.5) is 5.69 Å². The van der Waals surface area contributed by atoms with E-state index in [0.29, 0.717) is 53.4 Å². The van der Waals surface area contributed by atoms with Gasteiger partial charge in [0.15, 0.2) is 11.5 Å². The van der Waals surface area contributed by atoms with Gasteiger partial charge in [0.1, 0.15) is 19.3 Å². The van der Waals surface area contributed by atoms with E-state index < -0.39 is 12.1 Å². The number of benzene rings is 2. The van der Waals surface area contributed by atoms with Crippen molar-refractivity contribution in [1.82, 2.24) is 10.2 Å². The number of aliphatic hydroxyl groups excluding tert-OH is 1. The average Bonchev–Trinajstić information content (AvgIpc) is 3.55. The number of hydrogen-bond donors (Lipinski definition) is 2. The van der Waals surface area contributed by atoms with Crippen LogP contribution in [-0.4, -0.2) is 67.9 Å². The average molecular weight is 520 g/mol. The number of ether oxygens (including phenoxy) is 2. The van der Waals surface area contributed by atoms with Crippen molar-refractivity contribution in [1.29, 1.82) is 0 Å². The van der Waals surface area contributed by atoms with Gasteiger partial charge in [0.05, 0.1) is 22.7 Å². The van der Waals surface area contributed by atoms with Crippen LogP contribution >= 0.6 is 23.2 Å². The number of likely N-dealkylation sites (tertiary alicyclic amines) is 1. The predicted octanol–water partition coefficient (Wildman–Crippen LogP) is 3.91. The summed E-state index contributed by atoms with van der Waals surface area (Å²) >= 11 is 12.4. The molecule has 9 heteroatoms. The fourth-order valence-corrected chi connectivity index (χ4v) is 5.70. The molecule has 2 aromatic carbocycles. The Morgan fingerprint density at radius 2 is 1.83 bits per heavy atom. The number of carbonyl (C=O) groups excluding carboxylic acids is 1. The number of rotatable bonds is 7. The van der Waals surface area contributed by atoms with Crippen molar-refractivity contribution in [3.63, 3.8) is 0 Å². The molecule has 2 N–H and O–H groups in total. The fourth-order valence-electron chi connectivity index (χ4n) is 5.18. The molecule has 7 nitrogen and oxygen atoms in total. The monoisotopic (exact) mass is 519 g/mol. The van der Waals surface area contributed by atoms with E-state index in [4.69, 9.17) is 32.7 Å². The Kier molecular flexibility index (Phi) is 7.58. The molecule has 3 heterocycles. The fraction of sp³-hybridized carbons (Fsp3) is 0.500. The van der Waals surface area contributed by atoms with E-state index in [9.17, 15) is 9.90 Å². The van der Waals surface area contributed by atoms with Crippen molar-refractivity contribution in [2.45, 2.75) is 31.4 Å². The second kappa shape index (κ2) is 10.8.